The summed E-state index contributed by atoms with van der Waals surface area (Å²) in [5.74, 6) is 0.198. The lowest BCUT2D eigenvalue weighted by Gasteiger charge is -2.04. The lowest BCUT2D eigenvalue weighted by atomic mass is 10.0. The molecule has 0 unspecified atom stereocenters. The molecule has 0 saturated carbocycles. The van der Waals surface area contributed by atoms with E-state index in [2.05, 4.69) is 49.2 Å². The van der Waals surface area contributed by atoms with E-state index in [1.54, 1.807) is 0 Å². The fourth-order valence-corrected chi connectivity index (χ4v) is 3.91. The molecule has 1 aliphatic rings. The minimum Gasteiger partial charge on any atom is -0.494 e. The maximum atomic E-state index is 10.4. The molecule has 2 heterocycles. The van der Waals surface area contributed by atoms with E-state index in [-0.39, 0.29) is 5.88 Å². The summed E-state index contributed by atoms with van der Waals surface area (Å²) in [7, 11) is 0. The molecule has 0 aliphatic carbocycles. The molecular formula is C23H18N2O. The zero-order valence-corrected chi connectivity index (χ0v) is 14.7. The van der Waals surface area contributed by atoms with Crippen LogP contribution in [0.15, 0.2) is 59.6 Å². The lowest BCUT2D eigenvalue weighted by molar-refractivity contribution is 0.457. The van der Waals surface area contributed by atoms with Gasteiger partial charge in [0.25, 0.3) is 0 Å². The van der Waals surface area contributed by atoms with E-state index in [4.69, 9.17) is 4.99 Å². The summed E-state index contributed by atoms with van der Waals surface area (Å²) >= 11 is 0. The quantitative estimate of drug-likeness (QED) is 0.479. The molecule has 1 aromatic heterocycles. The molecular weight excluding hydrogens is 320 g/mol. The number of aryl methyl sites for hydroxylation is 1. The minimum absolute atomic E-state index is 0.198. The summed E-state index contributed by atoms with van der Waals surface area (Å²) < 4.78 is 0. The highest BCUT2D eigenvalue weighted by Gasteiger charge is 2.12. The zero-order valence-electron chi connectivity index (χ0n) is 14.7. The molecule has 0 fully saturated rings. The second-order valence-corrected chi connectivity index (χ2v) is 6.84. The van der Waals surface area contributed by atoms with Gasteiger partial charge in [0, 0.05) is 26.9 Å². The molecule has 3 aromatic carbocycles. The topological polar surface area (TPSA) is 48.4 Å². The van der Waals surface area contributed by atoms with Crippen molar-refractivity contribution in [3.63, 3.8) is 0 Å². The van der Waals surface area contributed by atoms with E-state index in [1.165, 1.54) is 16.0 Å². The predicted molar refractivity (Wildman–Crippen MR) is 104 cm³/mol. The van der Waals surface area contributed by atoms with Gasteiger partial charge in [-0.2, -0.15) is 0 Å². The van der Waals surface area contributed by atoms with Crippen LogP contribution < -0.4 is 10.6 Å². The largest absolute Gasteiger partial charge is 0.494 e. The SMILES string of the molecule is Cc1c2c(c(C)cc1=Cc1c(O)[nH]c3ccccc13)=c1ccccc1=N2. The van der Waals surface area contributed by atoms with Crippen LogP contribution in [0.1, 0.15) is 16.7 Å². The van der Waals surface area contributed by atoms with Crippen molar-refractivity contribution in [1.82, 2.24) is 4.98 Å². The number of H-pyrrole nitrogens is 1. The Morgan fingerprint density at radius 3 is 2.65 bits per heavy atom. The van der Waals surface area contributed by atoms with Crippen molar-refractivity contribution < 1.29 is 5.11 Å². The van der Waals surface area contributed by atoms with Crippen LogP contribution in [0.3, 0.4) is 0 Å². The molecule has 1 aliphatic heterocycles. The Labute approximate surface area is 150 Å². The summed E-state index contributed by atoms with van der Waals surface area (Å²) in [6.45, 7) is 4.23. The number of nitrogens with one attached hydrogen (secondary N) is 1. The number of aromatic hydroxyl groups is 1. The molecule has 4 aromatic rings. The van der Waals surface area contributed by atoms with E-state index >= 15 is 0 Å². The van der Waals surface area contributed by atoms with Gasteiger partial charge in [0.15, 0.2) is 5.88 Å². The molecule has 0 radical (unpaired) electrons. The van der Waals surface area contributed by atoms with Gasteiger partial charge in [-0.15, -0.1) is 0 Å². The Morgan fingerprint density at radius 1 is 1.00 bits per heavy atom. The van der Waals surface area contributed by atoms with E-state index < -0.39 is 0 Å². The highest BCUT2D eigenvalue weighted by Crippen LogP contribution is 2.28. The third kappa shape index (κ3) is 2.04. The van der Waals surface area contributed by atoms with E-state index in [9.17, 15) is 5.11 Å². The van der Waals surface area contributed by atoms with Crippen molar-refractivity contribution in [2.24, 2.45) is 4.99 Å². The van der Waals surface area contributed by atoms with Crippen LogP contribution in [-0.4, -0.2) is 10.1 Å². The van der Waals surface area contributed by atoms with Gasteiger partial charge >= 0.3 is 0 Å². The maximum Gasteiger partial charge on any atom is 0.196 e. The summed E-state index contributed by atoms with van der Waals surface area (Å²) in [5.41, 5.74) is 5.12. The van der Waals surface area contributed by atoms with Crippen molar-refractivity contribution in [2.75, 3.05) is 0 Å². The van der Waals surface area contributed by atoms with Gasteiger partial charge in [-0.3, -0.25) is 0 Å². The first kappa shape index (κ1) is 15.0. The summed E-state index contributed by atoms with van der Waals surface area (Å²) in [5, 5.41) is 15.9. The summed E-state index contributed by atoms with van der Waals surface area (Å²) in [6.07, 6.45) is 2.05. The first-order chi connectivity index (χ1) is 12.6. The highest BCUT2D eigenvalue weighted by atomic mass is 16.3. The molecule has 26 heavy (non-hydrogen) atoms. The predicted octanol–water partition coefficient (Wildman–Crippen LogP) is 3.87. The number of fused-ring (bicyclic) bond motifs is 3. The van der Waals surface area contributed by atoms with Gasteiger partial charge in [-0.05, 0) is 48.4 Å². The first-order valence-electron chi connectivity index (χ1n) is 8.73. The van der Waals surface area contributed by atoms with E-state index in [0.717, 1.165) is 38.3 Å². The molecule has 0 saturated heterocycles. The highest BCUT2D eigenvalue weighted by molar-refractivity contribution is 5.91. The molecule has 126 valence electrons. The minimum atomic E-state index is 0.198. The number of hydrogen-bond acceptors (Lipinski definition) is 2. The van der Waals surface area contributed by atoms with Crippen LogP contribution in [0.4, 0.5) is 5.69 Å². The zero-order chi connectivity index (χ0) is 17.8. The van der Waals surface area contributed by atoms with Crippen molar-refractivity contribution in [3.8, 4) is 5.88 Å². The molecule has 0 amide bonds. The van der Waals surface area contributed by atoms with Crippen LogP contribution in [0.25, 0.3) is 17.0 Å². The molecule has 0 bridgehead atoms. The van der Waals surface area contributed by atoms with Gasteiger partial charge in [-0.1, -0.05) is 42.5 Å². The van der Waals surface area contributed by atoms with E-state index in [1.807, 2.05) is 30.3 Å². The summed E-state index contributed by atoms with van der Waals surface area (Å²) in [4.78, 5) is 7.91. The Morgan fingerprint density at radius 2 is 1.77 bits per heavy atom. The van der Waals surface area contributed by atoms with Crippen LogP contribution in [0.5, 0.6) is 5.88 Å². The number of hydrogen-bond donors (Lipinski definition) is 2. The number of aromatic amines is 1. The molecule has 2 N–H and O–H groups in total. The number of rotatable bonds is 1. The Kier molecular flexibility index (Phi) is 3.07. The van der Waals surface area contributed by atoms with Crippen molar-refractivity contribution in [3.05, 3.63) is 92.3 Å². The Bertz CT molecular complexity index is 1410. The molecule has 5 rings (SSSR count). The number of aromatic nitrogens is 1. The Hall–Kier alpha value is -3.33. The number of nitrogens with zero attached hydrogens (tertiary/aromatic N) is 1. The average molecular weight is 338 g/mol. The number of benzene rings is 3. The van der Waals surface area contributed by atoms with Gasteiger partial charge in [0.2, 0.25) is 0 Å². The first-order valence-corrected chi connectivity index (χ1v) is 8.73. The van der Waals surface area contributed by atoms with Crippen molar-refractivity contribution >= 4 is 22.7 Å². The van der Waals surface area contributed by atoms with Crippen LogP contribution in [0.2, 0.25) is 0 Å². The van der Waals surface area contributed by atoms with Crippen LogP contribution >= 0.6 is 0 Å². The third-order valence-corrected chi connectivity index (χ3v) is 5.22. The van der Waals surface area contributed by atoms with Gasteiger partial charge in [-0.25, -0.2) is 4.99 Å². The Balaban J connectivity index is 1.87. The third-order valence-electron chi connectivity index (χ3n) is 5.22. The second kappa shape index (κ2) is 5.33. The molecule has 0 spiro atoms. The fourth-order valence-electron chi connectivity index (χ4n) is 3.91. The van der Waals surface area contributed by atoms with Gasteiger partial charge < -0.3 is 10.1 Å². The fraction of sp³-hybridized carbons (Fsp3) is 0.0870. The molecule has 0 atom stereocenters. The second-order valence-electron chi connectivity index (χ2n) is 6.84. The normalized spacial score (nSPS) is 12.9. The summed E-state index contributed by atoms with van der Waals surface area (Å²) in [6, 6.07) is 18.4. The van der Waals surface area contributed by atoms with E-state index in [0.29, 0.717) is 0 Å². The van der Waals surface area contributed by atoms with Gasteiger partial charge in [0.05, 0.1) is 11.0 Å². The lowest BCUT2D eigenvalue weighted by Crippen LogP contribution is -2.07. The molecule has 3 nitrogen and oxygen atoms in total. The van der Waals surface area contributed by atoms with Crippen LogP contribution in [0, 0.1) is 24.3 Å². The smallest absolute Gasteiger partial charge is 0.196 e. The number of para-hydroxylation sites is 2. The van der Waals surface area contributed by atoms with Gasteiger partial charge in [0.1, 0.15) is 0 Å². The monoisotopic (exact) mass is 338 g/mol. The van der Waals surface area contributed by atoms with Crippen molar-refractivity contribution in [1.29, 1.82) is 0 Å². The van der Waals surface area contributed by atoms with Crippen LogP contribution in [-0.2, 0) is 0 Å². The van der Waals surface area contributed by atoms with Crippen molar-refractivity contribution in [2.45, 2.75) is 13.8 Å². The average Bonchev–Trinajstić information content (AvgIpc) is 3.18. The standard InChI is InChI=1S/C23H18N2O/c1-13-11-15(12-18-16-7-3-5-9-19(16)25-23(18)26)14(2)22-21(13)17-8-4-6-10-20(17)24-22/h3-12,25-26H,1-2H3. The molecule has 3 heteroatoms. The maximum absolute atomic E-state index is 10.4.